The van der Waals surface area contributed by atoms with E-state index in [1.807, 2.05) is 12.1 Å². The Balaban J connectivity index is 1.93. The third kappa shape index (κ3) is 3.51. The van der Waals surface area contributed by atoms with Crippen molar-refractivity contribution in [3.05, 3.63) is 35.4 Å². The van der Waals surface area contributed by atoms with Crippen LogP contribution in [0, 0.1) is 0 Å². The van der Waals surface area contributed by atoms with E-state index < -0.39 is 6.10 Å². The topological polar surface area (TPSA) is 58.7 Å². The van der Waals surface area contributed by atoms with E-state index in [9.17, 15) is 5.11 Å². The molecule has 17 heavy (non-hydrogen) atoms. The number of aliphatic hydroxyl groups excluding tert-OH is 1. The molecule has 1 aromatic rings. The van der Waals surface area contributed by atoms with E-state index in [1.54, 1.807) is 0 Å². The van der Waals surface area contributed by atoms with Gasteiger partial charge in [-0.25, -0.2) is 0 Å². The fraction of sp³-hybridized carbons (Fsp3) is 0.538. The van der Waals surface area contributed by atoms with E-state index in [2.05, 4.69) is 17.0 Å². The van der Waals surface area contributed by atoms with Gasteiger partial charge >= 0.3 is 0 Å². The summed E-state index contributed by atoms with van der Waals surface area (Å²) in [4.78, 5) is 2.37. The van der Waals surface area contributed by atoms with Gasteiger partial charge in [-0.05, 0) is 11.1 Å². The first-order chi connectivity index (χ1) is 8.29. The number of morpholine rings is 1. The SMILES string of the molecule is NC[C@H](O)c1ccc(CN2CCOCC2)cc1. The summed E-state index contributed by atoms with van der Waals surface area (Å²) in [6.07, 6.45) is -0.549. The Morgan fingerprint density at radius 1 is 1.24 bits per heavy atom. The monoisotopic (exact) mass is 236 g/mol. The van der Waals surface area contributed by atoms with Crippen molar-refractivity contribution < 1.29 is 9.84 Å². The van der Waals surface area contributed by atoms with Crippen molar-refractivity contribution >= 4 is 0 Å². The van der Waals surface area contributed by atoms with Gasteiger partial charge in [-0.3, -0.25) is 4.90 Å². The number of hydrogen-bond acceptors (Lipinski definition) is 4. The third-order valence-electron chi connectivity index (χ3n) is 3.10. The third-order valence-corrected chi connectivity index (χ3v) is 3.10. The fourth-order valence-corrected chi connectivity index (χ4v) is 2.00. The van der Waals surface area contributed by atoms with Crippen molar-refractivity contribution in [3.8, 4) is 0 Å². The number of benzene rings is 1. The van der Waals surface area contributed by atoms with Gasteiger partial charge in [0.05, 0.1) is 19.3 Å². The summed E-state index contributed by atoms with van der Waals surface area (Å²) in [5.74, 6) is 0. The lowest BCUT2D eigenvalue weighted by Crippen LogP contribution is -2.35. The highest BCUT2D eigenvalue weighted by atomic mass is 16.5. The van der Waals surface area contributed by atoms with Gasteiger partial charge in [0.2, 0.25) is 0 Å². The van der Waals surface area contributed by atoms with Gasteiger partial charge in [0.25, 0.3) is 0 Å². The van der Waals surface area contributed by atoms with Crippen LogP contribution in [0.4, 0.5) is 0 Å². The molecule has 94 valence electrons. The molecule has 0 aromatic heterocycles. The molecule has 0 saturated carbocycles. The van der Waals surface area contributed by atoms with Gasteiger partial charge in [-0.1, -0.05) is 24.3 Å². The number of hydrogen-bond donors (Lipinski definition) is 2. The van der Waals surface area contributed by atoms with Gasteiger partial charge in [-0.2, -0.15) is 0 Å². The average Bonchev–Trinajstić information content (AvgIpc) is 2.40. The van der Waals surface area contributed by atoms with Gasteiger partial charge in [0.15, 0.2) is 0 Å². The van der Waals surface area contributed by atoms with Crippen molar-refractivity contribution in [1.82, 2.24) is 4.90 Å². The zero-order valence-corrected chi connectivity index (χ0v) is 10.0. The van der Waals surface area contributed by atoms with Crippen LogP contribution in [0.25, 0.3) is 0 Å². The summed E-state index contributed by atoms with van der Waals surface area (Å²) >= 11 is 0. The minimum atomic E-state index is -0.549. The Labute approximate surface area is 102 Å². The van der Waals surface area contributed by atoms with Crippen LogP contribution in [0.15, 0.2) is 24.3 Å². The molecule has 1 heterocycles. The van der Waals surface area contributed by atoms with Crippen LogP contribution in [0.1, 0.15) is 17.2 Å². The van der Waals surface area contributed by atoms with Crippen LogP contribution in [-0.2, 0) is 11.3 Å². The van der Waals surface area contributed by atoms with E-state index in [-0.39, 0.29) is 6.54 Å². The first-order valence-electron chi connectivity index (χ1n) is 6.06. The molecular weight excluding hydrogens is 216 g/mol. The van der Waals surface area contributed by atoms with Crippen LogP contribution < -0.4 is 5.73 Å². The first-order valence-corrected chi connectivity index (χ1v) is 6.06. The molecule has 2 rings (SSSR count). The molecule has 1 aliphatic rings. The zero-order chi connectivity index (χ0) is 12.1. The maximum atomic E-state index is 9.59. The molecule has 0 bridgehead atoms. The minimum Gasteiger partial charge on any atom is -0.387 e. The highest BCUT2D eigenvalue weighted by Crippen LogP contribution is 2.14. The number of aliphatic hydroxyl groups is 1. The molecule has 0 spiro atoms. The van der Waals surface area contributed by atoms with Gasteiger partial charge in [0.1, 0.15) is 0 Å². The maximum Gasteiger partial charge on any atom is 0.0912 e. The van der Waals surface area contributed by atoms with E-state index in [1.165, 1.54) is 5.56 Å². The molecule has 0 radical (unpaired) electrons. The molecule has 1 fully saturated rings. The quantitative estimate of drug-likeness (QED) is 0.800. The van der Waals surface area contributed by atoms with Crippen LogP contribution in [-0.4, -0.2) is 42.9 Å². The summed E-state index contributed by atoms with van der Waals surface area (Å²) in [7, 11) is 0. The normalized spacial score (nSPS) is 19.2. The second-order valence-electron chi connectivity index (χ2n) is 4.38. The summed E-state index contributed by atoms with van der Waals surface area (Å²) in [6.45, 7) is 4.85. The van der Waals surface area contributed by atoms with Crippen molar-refractivity contribution in [1.29, 1.82) is 0 Å². The van der Waals surface area contributed by atoms with Crippen LogP contribution in [0.5, 0.6) is 0 Å². The molecule has 1 aromatic carbocycles. The molecule has 0 unspecified atom stereocenters. The molecule has 0 amide bonds. The van der Waals surface area contributed by atoms with Crippen LogP contribution in [0.2, 0.25) is 0 Å². The van der Waals surface area contributed by atoms with Crippen molar-refractivity contribution in [2.45, 2.75) is 12.6 Å². The molecule has 3 N–H and O–H groups in total. The number of nitrogens with two attached hydrogens (primary N) is 1. The predicted octanol–water partition coefficient (Wildman–Crippen LogP) is 0.511. The lowest BCUT2D eigenvalue weighted by molar-refractivity contribution is 0.0342. The molecule has 1 aliphatic heterocycles. The Hall–Kier alpha value is -0.940. The van der Waals surface area contributed by atoms with E-state index in [4.69, 9.17) is 10.5 Å². The Morgan fingerprint density at radius 3 is 2.47 bits per heavy atom. The summed E-state index contributed by atoms with van der Waals surface area (Å²) in [6, 6.07) is 8.02. The Morgan fingerprint density at radius 2 is 1.88 bits per heavy atom. The second kappa shape index (κ2) is 6.12. The molecule has 4 heteroatoms. The molecular formula is C13H20N2O2. The highest BCUT2D eigenvalue weighted by Gasteiger charge is 2.11. The summed E-state index contributed by atoms with van der Waals surface area (Å²) in [5.41, 5.74) is 7.57. The average molecular weight is 236 g/mol. The van der Waals surface area contributed by atoms with Crippen molar-refractivity contribution in [2.75, 3.05) is 32.8 Å². The van der Waals surface area contributed by atoms with Crippen molar-refractivity contribution in [3.63, 3.8) is 0 Å². The van der Waals surface area contributed by atoms with E-state index >= 15 is 0 Å². The lowest BCUT2D eigenvalue weighted by Gasteiger charge is -2.26. The summed E-state index contributed by atoms with van der Waals surface area (Å²) in [5, 5.41) is 9.59. The summed E-state index contributed by atoms with van der Waals surface area (Å²) < 4.78 is 5.31. The number of nitrogens with zero attached hydrogens (tertiary/aromatic N) is 1. The molecule has 1 atom stereocenters. The van der Waals surface area contributed by atoms with E-state index in [0.29, 0.717) is 0 Å². The van der Waals surface area contributed by atoms with Crippen LogP contribution >= 0.6 is 0 Å². The van der Waals surface area contributed by atoms with E-state index in [0.717, 1.165) is 38.4 Å². The molecule has 4 nitrogen and oxygen atoms in total. The second-order valence-corrected chi connectivity index (χ2v) is 4.38. The predicted molar refractivity (Wildman–Crippen MR) is 66.6 cm³/mol. The van der Waals surface area contributed by atoms with Crippen molar-refractivity contribution in [2.24, 2.45) is 5.73 Å². The Kier molecular flexibility index (Phi) is 4.50. The smallest absolute Gasteiger partial charge is 0.0912 e. The number of rotatable bonds is 4. The van der Waals surface area contributed by atoms with Gasteiger partial charge < -0.3 is 15.6 Å². The zero-order valence-electron chi connectivity index (χ0n) is 10.0. The first kappa shape index (κ1) is 12.5. The van der Waals surface area contributed by atoms with Gasteiger partial charge in [0, 0.05) is 26.2 Å². The molecule has 0 aliphatic carbocycles. The minimum absolute atomic E-state index is 0.267. The van der Waals surface area contributed by atoms with Crippen LogP contribution in [0.3, 0.4) is 0 Å². The lowest BCUT2D eigenvalue weighted by atomic mass is 10.1. The largest absolute Gasteiger partial charge is 0.387 e. The maximum absolute atomic E-state index is 9.59. The fourth-order valence-electron chi connectivity index (χ4n) is 2.00. The molecule has 1 saturated heterocycles. The standard InChI is InChI=1S/C13H20N2O2/c14-9-13(16)12-3-1-11(2-4-12)10-15-5-7-17-8-6-15/h1-4,13,16H,5-10,14H2/t13-/m0/s1. The van der Waals surface area contributed by atoms with Gasteiger partial charge in [-0.15, -0.1) is 0 Å². The highest BCUT2D eigenvalue weighted by molar-refractivity contribution is 5.24. The Bertz CT molecular complexity index is 334. The number of ether oxygens (including phenoxy) is 1.